The molecule has 3 heteroatoms. The van der Waals surface area contributed by atoms with Crippen LogP contribution >= 0.6 is 0 Å². The average molecular weight is 214 g/mol. The van der Waals surface area contributed by atoms with Crippen LogP contribution in [0.4, 0.5) is 0 Å². The lowest BCUT2D eigenvalue weighted by Crippen LogP contribution is -2.38. The van der Waals surface area contributed by atoms with Crippen LogP contribution in [-0.4, -0.2) is 21.2 Å². The van der Waals surface area contributed by atoms with Gasteiger partial charge in [0, 0.05) is 5.92 Å². The van der Waals surface area contributed by atoms with Gasteiger partial charge in [0.05, 0.1) is 5.60 Å². The summed E-state index contributed by atoms with van der Waals surface area (Å²) < 4.78 is 0. The first-order valence-electron chi connectivity index (χ1n) is 5.38. The first-order chi connectivity index (χ1) is 7.10. The molecule has 0 spiro atoms. The van der Waals surface area contributed by atoms with E-state index in [-0.39, 0.29) is 5.92 Å². The van der Waals surface area contributed by atoms with Gasteiger partial charge in [0.15, 0.2) is 0 Å². The van der Waals surface area contributed by atoms with Crippen LogP contribution < -0.4 is 0 Å². The zero-order chi connectivity index (χ0) is 11.9. The number of allylic oxidation sites excluding steroid dienone is 2. The van der Waals surface area contributed by atoms with Crippen LogP contribution in [0.1, 0.15) is 33.6 Å². The Morgan fingerprint density at radius 2 is 1.87 bits per heavy atom. The van der Waals surface area contributed by atoms with Gasteiger partial charge in [-0.3, -0.25) is 10.5 Å². The molecule has 3 nitrogen and oxygen atoms in total. The van der Waals surface area contributed by atoms with Crippen molar-refractivity contribution < 1.29 is 15.6 Å². The van der Waals surface area contributed by atoms with Crippen LogP contribution in [0.25, 0.3) is 0 Å². The van der Waals surface area contributed by atoms with E-state index < -0.39 is 5.60 Å². The van der Waals surface area contributed by atoms with Crippen molar-refractivity contribution >= 4 is 0 Å². The van der Waals surface area contributed by atoms with Crippen LogP contribution in [0.15, 0.2) is 24.3 Å². The van der Waals surface area contributed by atoms with E-state index in [1.165, 1.54) is 0 Å². The largest absolute Gasteiger partial charge is 0.385 e. The highest BCUT2D eigenvalue weighted by Crippen LogP contribution is 2.34. The predicted molar refractivity (Wildman–Crippen MR) is 61.7 cm³/mol. The minimum absolute atomic E-state index is 0.275. The normalized spacial score (nSPS) is 28.9. The van der Waals surface area contributed by atoms with Crippen molar-refractivity contribution in [3.63, 3.8) is 0 Å². The van der Waals surface area contributed by atoms with E-state index in [9.17, 15) is 5.11 Å². The number of hydrogen-bond donors (Lipinski definition) is 3. The second-order valence-electron chi connectivity index (χ2n) is 4.26. The Morgan fingerprint density at radius 3 is 2.33 bits per heavy atom. The Hall–Kier alpha value is -0.640. The molecule has 0 aromatic heterocycles. The van der Waals surface area contributed by atoms with Crippen molar-refractivity contribution in [1.82, 2.24) is 0 Å². The van der Waals surface area contributed by atoms with Crippen molar-refractivity contribution in [3.8, 4) is 0 Å². The van der Waals surface area contributed by atoms with Gasteiger partial charge in [0.1, 0.15) is 0 Å². The van der Waals surface area contributed by atoms with Gasteiger partial charge >= 0.3 is 0 Å². The molecule has 1 aliphatic carbocycles. The summed E-state index contributed by atoms with van der Waals surface area (Å²) in [7, 11) is 0. The molecule has 2 unspecified atom stereocenters. The molecule has 1 rings (SSSR count). The smallest absolute Gasteiger partial charge is 0.0895 e. The van der Waals surface area contributed by atoms with E-state index in [4.69, 9.17) is 10.5 Å². The van der Waals surface area contributed by atoms with E-state index in [1.54, 1.807) is 0 Å². The van der Waals surface area contributed by atoms with E-state index in [0.29, 0.717) is 5.92 Å². The summed E-state index contributed by atoms with van der Waals surface area (Å²) in [5.74, 6) is 0.773. The Bertz CT molecular complexity index is 221. The fourth-order valence-electron chi connectivity index (χ4n) is 2.13. The highest BCUT2D eigenvalue weighted by Gasteiger charge is 2.34. The fraction of sp³-hybridized carbons (Fsp3) is 0.667. The summed E-state index contributed by atoms with van der Waals surface area (Å²) in [4.78, 5) is 0. The molecule has 1 aliphatic rings. The van der Waals surface area contributed by atoms with Crippen molar-refractivity contribution in [2.75, 3.05) is 0 Å². The lowest BCUT2D eigenvalue weighted by molar-refractivity contribution is -0.176. The summed E-state index contributed by atoms with van der Waals surface area (Å²) in [6.07, 6.45) is 9.94. The minimum Gasteiger partial charge on any atom is -0.385 e. The zero-order valence-corrected chi connectivity index (χ0v) is 9.72. The molecular formula is C12H22O3. The Balaban J connectivity index is 0.000000921. The van der Waals surface area contributed by atoms with Crippen LogP contribution in [0.2, 0.25) is 0 Å². The van der Waals surface area contributed by atoms with Gasteiger partial charge in [-0.2, -0.15) is 0 Å². The molecule has 3 N–H and O–H groups in total. The molecule has 0 saturated carbocycles. The Morgan fingerprint density at radius 1 is 1.27 bits per heavy atom. The van der Waals surface area contributed by atoms with Crippen LogP contribution in [-0.2, 0) is 0 Å². The summed E-state index contributed by atoms with van der Waals surface area (Å²) >= 11 is 0. The van der Waals surface area contributed by atoms with Gasteiger partial charge in [-0.1, -0.05) is 51.5 Å². The lowest BCUT2D eigenvalue weighted by Gasteiger charge is -2.36. The van der Waals surface area contributed by atoms with E-state index in [1.807, 2.05) is 18.2 Å². The maximum absolute atomic E-state index is 10.4. The van der Waals surface area contributed by atoms with Gasteiger partial charge < -0.3 is 5.11 Å². The maximum Gasteiger partial charge on any atom is 0.0895 e. The quantitative estimate of drug-likeness (QED) is 0.500. The third-order valence-electron chi connectivity index (χ3n) is 2.76. The summed E-state index contributed by atoms with van der Waals surface area (Å²) in [5.41, 5.74) is -0.600. The molecule has 0 aromatic carbocycles. The number of hydrogen-bond acceptors (Lipinski definition) is 3. The lowest BCUT2D eigenvalue weighted by atomic mass is 9.75. The third kappa shape index (κ3) is 3.78. The second kappa shape index (κ2) is 6.77. The summed E-state index contributed by atoms with van der Waals surface area (Å²) in [6.45, 7) is 6.44. The highest BCUT2D eigenvalue weighted by atomic mass is 17.0. The van der Waals surface area contributed by atoms with E-state index in [0.717, 1.165) is 12.8 Å². The summed E-state index contributed by atoms with van der Waals surface area (Å²) in [6, 6.07) is 0. The molecule has 88 valence electrons. The molecule has 0 aliphatic heterocycles. The summed E-state index contributed by atoms with van der Waals surface area (Å²) in [5, 5.41) is 22.4. The predicted octanol–water partition coefficient (Wildman–Crippen LogP) is 2.93. The first-order valence-corrected chi connectivity index (χ1v) is 5.38. The van der Waals surface area contributed by atoms with Crippen molar-refractivity contribution in [2.24, 2.45) is 11.8 Å². The van der Waals surface area contributed by atoms with Crippen LogP contribution in [0.3, 0.4) is 0 Å². The molecule has 0 heterocycles. The van der Waals surface area contributed by atoms with Gasteiger partial charge in [-0.05, 0) is 12.3 Å². The monoisotopic (exact) mass is 214 g/mol. The number of rotatable bonds is 3. The standard InChI is InChI=1S/C12H20O.H2O2/c1-4-8-12(13)9-6-5-7-11(12)10(2)3;1-2/h5-7,9-11,13H,4,8H2,1-3H3;1-2H. The highest BCUT2D eigenvalue weighted by molar-refractivity contribution is 5.21. The van der Waals surface area contributed by atoms with Crippen LogP contribution in [0, 0.1) is 11.8 Å². The van der Waals surface area contributed by atoms with Crippen molar-refractivity contribution in [1.29, 1.82) is 0 Å². The Kier molecular flexibility index (Phi) is 6.48. The van der Waals surface area contributed by atoms with Crippen LogP contribution in [0.5, 0.6) is 0 Å². The molecule has 0 amide bonds. The molecular weight excluding hydrogens is 192 g/mol. The van der Waals surface area contributed by atoms with E-state index >= 15 is 0 Å². The SMILES string of the molecule is CCCC1(O)C=CC=CC1C(C)C.OO. The minimum atomic E-state index is -0.600. The molecule has 15 heavy (non-hydrogen) atoms. The maximum atomic E-state index is 10.4. The topological polar surface area (TPSA) is 60.7 Å². The molecule has 0 bridgehead atoms. The first kappa shape index (κ1) is 14.4. The van der Waals surface area contributed by atoms with Gasteiger partial charge in [-0.25, -0.2) is 0 Å². The molecule has 2 atom stereocenters. The van der Waals surface area contributed by atoms with Gasteiger partial charge in [-0.15, -0.1) is 0 Å². The second-order valence-corrected chi connectivity index (χ2v) is 4.26. The van der Waals surface area contributed by atoms with Crippen molar-refractivity contribution in [3.05, 3.63) is 24.3 Å². The van der Waals surface area contributed by atoms with Gasteiger partial charge in [0.2, 0.25) is 0 Å². The Labute approximate surface area is 91.7 Å². The molecule has 0 fully saturated rings. The zero-order valence-electron chi connectivity index (χ0n) is 9.72. The molecule has 0 aromatic rings. The molecule has 0 saturated heterocycles. The van der Waals surface area contributed by atoms with Crippen molar-refractivity contribution in [2.45, 2.75) is 39.2 Å². The fourth-order valence-corrected chi connectivity index (χ4v) is 2.13. The van der Waals surface area contributed by atoms with Gasteiger partial charge in [0.25, 0.3) is 0 Å². The number of aliphatic hydroxyl groups is 1. The third-order valence-corrected chi connectivity index (χ3v) is 2.76. The van der Waals surface area contributed by atoms with E-state index in [2.05, 4.69) is 26.8 Å². The average Bonchev–Trinajstić information content (AvgIpc) is 2.21. The molecule has 0 radical (unpaired) electrons.